The van der Waals surface area contributed by atoms with E-state index in [-0.39, 0.29) is 5.91 Å². The normalized spacial score (nSPS) is 25.6. The Labute approximate surface area is 138 Å². The maximum Gasteiger partial charge on any atom is 0.229 e. The van der Waals surface area contributed by atoms with Crippen LogP contribution in [-0.2, 0) is 11.2 Å². The molecular weight excluding hydrogens is 286 g/mol. The molecule has 0 aliphatic heterocycles. The molecule has 1 aromatic rings. The van der Waals surface area contributed by atoms with Gasteiger partial charge in [-0.05, 0) is 49.5 Å². The molecule has 2 aliphatic rings. The zero-order chi connectivity index (χ0) is 16.4. The van der Waals surface area contributed by atoms with E-state index in [0.717, 1.165) is 25.0 Å². The summed E-state index contributed by atoms with van der Waals surface area (Å²) in [4.78, 5) is 20.7. The summed E-state index contributed by atoms with van der Waals surface area (Å²) in [6.45, 7) is 6.06. The molecule has 4 heteroatoms. The number of carbonyl (C=O) groups excluding carboxylic acids is 1. The topological polar surface area (TPSA) is 54.9 Å². The number of aryl methyl sites for hydroxylation is 1. The summed E-state index contributed by atoms with van der Waals surface area (Å²) < 4.78 is 0. The number of anilines is 1. The van der Waals surface area contributed by atoms with Gasteiger partial charge in [0, 0.05) is 18.5 Å². The van der Waals surface area contributed by atoms with Crippen LogP contribution in [0.3, 0.4) is 0 Å². The highest BCUT2D eigenvalue weighted by Crippen LogP contribution is 2.49. The van der Waals surface area contributed by atoms with Gasteiger partial charge in [0.2, 0.25) is 11.9 Å². The molecule has 0 radical (unpaired) electrons. The minimum Gasteiger partial charge on any atom is -0.295 e. The zero-order valence-corrected chi connectivity index (χ0v) is 14.4. The van der Waals surface area contributed by atoms with Gasteiger partial charge in [-0.1, -0.05) is 32.4 Å². The van der Waals surface area contributed by atoms with Gasteiger partial charge >= 0.3 is 0 Å². The molecule has 0 fully saturated rings. The highest BCUT2D eigenvalue weighted by Gasteiger charge is 2.38. The third-order valence-corrected chi connectivity index (χ3v) is 5.19. The Balaban J connectivity index is 1.93. The molecule has 1 aromatic heterocycles. The maximum absolute atomic E-state index is 11.4. The number of hydrogen-bond acceptors (Lipinski definition) is 3. The van der Waals surface area contributed by atoms with Crippen molar-refractivity contribution < 1.29 is 4.79 Å². The number of rotatable bonds is 5. The summed E-state index contributed by atoms with van der Waals surface area (Å²) in [6, 6.07) is 0. The van der Waals surface area contributed by atoms with Crippen LogP contribution in [0, 0.1) is 5.92 Å². The summed E-state index contributed by atoms with van der Waals surface area (Å²) in [5, 5.41) is 2.78. The van der Waals surface area contributed by atoms with E-state index >= 15 is 0 Å². The number of unbranched alkanes of at least 4 members (excludes halogenated alkanes) is 1. The molecule has 0 saturated carbocycles. The molecule has 1 amide bonds. The summed E-state index contributed by atoms with van der Waals surface area (Å²) in [5.74, 6) is 2.09. The molecule has 124 valence electrons. The lowest BCUT2D eigenvalue weighted by molar-refractivity contribution is -0.114. The number of aromatic nitrogens is 2. The number of carbonyl (C=O) groups is 1. The van der Waals surface area contributed by atoms with Crippen LogP contribution in [-0.4, -0.2) is 15.9 Å². The Morgan fingerprint density at radius 2 is 2.17 bits per heavy atom. The third kappa shape index (κ3) is 3.31. The van der Waals surface area contributed by atoms with E-state index in [4.69, 9.17) is 4.98 Å². The molecule has 4 nitrogen and oxygen atoms in total. The quantitative estimate of drug-likeness (QED) is 0.823. The minimum atomic E-state index is -0.102. The Bertz CT molecular complexity index is 623. The second-order valence-corrected chi connectivity index (χ2v) is 7.02. The highest BCUT2D eigenvalue weighted by molar-refractivity contribution is 5.86. The number of nitrogens with one attached hydrogen (secondary N) is 1. The summed E-state index contributed by atoms with van der Waals surface area (Å²) >= 11 is 0. The molecule has 0 saturated heterocycles. The molecule has 0 aromatic carbocycles. The standard InChI is InChI=1S/C19H27N3O/c1-4-5-6-7-8-15-12(2)11-14-9-10-16-17(14)18(15)22-19(21-16)20-13(3)23/h6-7,12,14-15H,4-5,8-11H2,1-3H3,(H,20,21,22,23)/b7-6-/t12-,14+,15+/m1/s1. The number of nitrogens with zero attached hydrogens (tertiary/aromatic N) is 2. The van der Waals surface area contributed by atoms with E-state index in [1.54, 1.807) is 0 Å². The molecule has 3 atom stereocenters. The van der Waals surface area contributed by atoms with Gasteiger partial charge < -0.3 is 0 Å². The molecule has 2 aliphatic carbocycles. The van der Waals surface area contributed by atoms with Crippen molar-refractivity contribution in [3.05, 3.63) is 29.1 Å². The summed E-state index contributed by atoms with van der Waals surface area (Å²) in [6.07, 6.45) is 11.4. The molecular formula is C19H27N3O. The second kappa shape index (κ2) is 6.81. The first-order valence-corrected chi connectivity index (χ1v) is 8.93. The first-order valence-electron chi connectivity index (χ1n) is 8.93. The van der Waals surface area contributed by atoms with E-state index in [1.807, 2.05) is 0 Å². The molecule has 0 unspecified atom stereocenters. The van der Waals surface area contributed by atoms with Crippen molar-refractivity contribution >= 4 is 11.9 Å². The number of hydrogen-bond donors (Lipinski definition) is 1. The van der Waals surface area contributed by atoms with E-state index in [0.29, 0.717) is 23.7 Å². The predicted molar refractivity (Wildman–Crippen MR) is 92.6 cm³/mol. The van der Waals surface area contributed by atoms with Crippen molar-refractivity contribution in [3.8, 4) is 0 Å². The molecule has 1 heterocycles. The molecule has 3 rings (SSSR count). The number of allylic oxidation sites excluding steroid dienone is 2. The van der Waals surface area contributed by atoms with Crippen molar-refractivity contribution in [2.75, 3.05) is 5.32 Å². The zero-order valence-electron chi connectivity index (χ0n) is 14.4. The number of amides is 1. The smallest absolute Gasteiger partial charge is 0.229 e. The van der Waals surface area contributed by atoms with Crippen LogP contribution in [0.4, 0.5) is 5.95 Å². The average Bonchev–Trinajstić information content (AvgIpc) is 2.89. The van der Waals surface area contributed by atoms with Crippen LogP contribution >= 0.6 is 0 Å². The Morgan fingerprint density at radius 1 is 1.35 bits per heavy atom. The van der Waals surface area contributed by atoms with E-state index in [2.05, 4.69) is 36.3 Å². The van der Waals surface area contributed by atoms with Crippen LogP contribution < -0.4 is 5.32 Å². The van der Waals surface area contributed by atoms with Gasteiger partial charge in [0.15, 0.2) is 0 Å². The van der Waals surface area contributed by atoms with Crippen molar-refractivity contribution in [2.24, 2.45) is 5.92 Å². The minimum absolute atomic E-state index is 0.102. The van der Waals surface area contributed by atoms with Gasteiger partial charge in [0.05, 0.1) is 5.69 Å². The van der Waals surface area contributed by atoms with Gasteiger partial charge in [-0.2, -0.15) is 0 Å². The van der Waals surface area contributed by atoms with Crippen molar-refractivity contribution in [1.29, 1.82) is 0 Å². The van der Waals surface area contributed by atoms with Gasteiger partial charge in [-0.3, -0.25) is 10.1 Å². The Kier molecular flexibility index (Phi) is 4.79. The Morgan fingerprint density at radius 3 is 2.91 bits per heavy atom. The molecule has 0 bridgehead atoms. The van der Waals surface area contributed by atoms with Crippen molar-refractivity contribution in [3.63, 3.8) is 0 Å². The van der Waals surface area contributed by atoms with E-state index in [9.17, 15) is 4.79 Å². The summed E-state index contributed by atoms with van der Waals surface area (Å²) in [5.41, 5.74) is 3.76. The SMILES string of the molecule is CCC/C=C\C[C@@H]1c2nc(NC(C)=O)nc3c2[C@@H](CC3)C[C@H]1C. The van der Waals surface area contributed by atoms with Gasteiger partial charge in [-0.15, -0.1) is 0 Å². The molecule has 0 spiro atoms. The second-order valence-electron chi connectivity index (χ2n) is 7.02. The van der Waals surface area contributed by atoms with E-state index in [1.165, 1.54) is 37.4 Å². The lowest BCUT2D eigenvalue weighted by atomic mass is 9.73. The van der Waals surface area contributed by atoms with Gasteiger partial charge in [-0.25, -0.2) is 9.97 Å². The van der Waals surface area contributed by atoms with Gasteiger partial charge in [0.25, 0.3) is 0 Å². The fourth-order valence-electron chi connectivity index (χ4n) is 4.11. The lowest BCUT2D eigenvalue weighted by Crippen LogP contribution is -2.23. The van der Waals surface area contributed by atoms with Crippen LogP contribution in [0.2, 0.25) is 0 Å². The fraction of sp³-hybridized carbons (Fsp3) is 0.632. The first-order chi connectivity index (χ1) is 11.1. The Hall–Kier alpha value is -1.71. The van der Waals surface area contributed by atoms with Crippen molar-refractivity contribution in [1.82, 2.24) is 9.97 Å². The fourth-order valence-corrected chi connectivity index (χ4v) is 4.11. The van der Waals surface area contributed by atoms with Crippen molar-refractivity contribution in [2.45, 2.75) is 71.1 Å². The maximum atomic E-state index is 11.4. The average molecular weight is 313 g/mol. The van der Waals surface area contributed by atoms with Gasteiger partial charge in [0.1, 0.15) is 0 Å². The van der Waals surface area contributed by atoms with Crippen LogP contribution in [0.5, 0.6) is 0 Å². The molecule has 1 N–H and O–H groups in total. The first kappa shape index (κ1) is 16.2. The van der Waals surface area contributed by atoms with E-state index < -0.39 is 0 Å². The van der Waals surface area contributed by atoms with Crippen LogP contribution in [0.15, 0.2) is 12.2 Å². The van der Waals surface area contributed by atoms with Crippen LogP contribution in [0.1, 0.15) is 81.7 Å². The third-order valence-electron chi connectivity index (χ3n) is 5.19. The predicted octanol–water partition coefficient (Wildman–Crippen LogP) is 4.33. The van der Waals surface area contributed by atoms with Crippen LogP contribution in [0.25, 0.3) is 0 Å². The molecule has 23 heavy (non-hydrogen) atoms. The lowest BCUT2D eigenvalue weighted by Gasteiger charge is -2.33. The summed E-state index contributed by atoms with van der Waals surface area (Å²) in [7, 11) is 0. The monoisotopic (exact) mass is 313 g/mol. The highest BCUT2D eigenvalue weighted by atomic mass is 16.1. The largest absolute Gasteiger partial charge is 0.295 e.